The van der Waals surface area contributed by atoms with Crippen LogP contribution in [0.1, 0.15) is 36.4 Å². The number of rotatable bonds is 6. The molecular weight excluding hydrogens is 457 g/mol. The summed E-state index contributed by atoms with van der Waals surface area (Å²) >= 11 is 2.38. The van der Waals surface area contributed by atoms with Gasteiger partial charge in [0.15, 0.2) is 0 Å². The van der Waals surface area contributed by atoms with Gasteiger partial charge in [-0.1, -0.05) is 0 Å². The SMILES string of the molecule is CCN(CC)c1ccc(N=Cc2cc(C)n(-c3ccc(I)c(C)c3)c2C)cc1. The zero-order chi connectivity index (χ0) is 20.3. The van der Waals surface area contributed by atoms with Crippen molar-refractivity contribution in [3.05, 3.63) is 74.6 Å². The number of halogens is 1. The lowest BCUT2D eigenvalue weighted by Gasteiger charge is -2.20. The smallest absolute Gasteiger partial charge is 0.0631 e. The second kappa shape index (κ2) is 8.95. The number of hydrogen-bond acceptors (Lipinski definition) is 2. The lowest BCUT2D eigenvalue weighted by molar-refractivity contribution is 0.866. The highest BCUT2D eigenvalue weighted by Crippen LogP contribution is 2.24. The minimum Gasteiger partial charge on any atom is -0.372 e. The van der Waals surface area contributed by atoms with Crippen molar-refractivity contribution in [2.24, 2.45) is 4.99 Å². The first kappa shape index (κ1) is 20.6. The molecule has 3 nitrogen and oxygen atoms in total. The van der Waals surface area contributed by atoms with Crippen LogP contribution in [0.4, 0.5) is 11.4 Å². The van der Waals surface area contributed by atoms with E-state index in [2.05, 4.69) is 115 Å². The molecule has 0 spiro atoms. The molecule has 0 aliphatic heterocycles. The Hall–Kier alpha value is -2.08. The van der Waals surface area contributed by atoms with E-state index in [9.17, 15) is 0 Å². The number of aryl methyl sites for hydroxylation is 2. The molecule has 0 bridgehead atoms. The third-order valence-corrected chi connectivity index (χ3v) is 6.41. The lowest BCUT2D eigenvalue weighted by Crippen LogP contribution is -2.21. The number of aromatic nitrogens is 1. The molecule has 0 saturated carbocycles. The van der Waals surface area contributed by atoms with Gasteiger partial charge in [0.25, 0.3) is 0 Å². The molecule has 0 radical (unpaired) electrons. The molecule has 0 amide bonds. The predicted molar refractivity (Wildman–Crippen MR) is 130 cm³/mol. The van der Waals surface area contributed by atoms with Crippen LogP contribution in [0.25, 0.3) is 5.69 Å². The second-order valence-electron chi connectivity index (χ2n) is 7.04. The fourth-order valence-corrected chi connectivity index (χ4v) is 3.90. The summed E-state index contributed by atoms with van der Waals surface area (Å²) in [7, 11) is 0. The lowest BCUT2D eigenvalue weighted by atomic mass is 10.2. The Labute approximate surface area is 182 Å². The molecule has 0 atom stereocenters. The number of anilines is 1. The first-order valence-corrected chi connectivity index (χ1v) is 10.9. The molecule has 1 aromatic heterocycles. The molecule has 0 fully saturated rings. The van der Waals surface area contributed by atoms with E-state index in [1.165, 1.54) is 31.9 Å². The third-order valence-electron chi connectivity index (χ3n) is 5.20. The van der Waals surface area contributed by atoms with Gasteiger partial charge < -0.3 is 9.47 Å². The van der Waals surface area contributed by atoms with Crippen molar-refractivity contribution in [3.63, 3.8) is 0 Å². The van der Waals surface area contributed by atoms with Crippen LogP contribution in [-0.2, 0) is 0 Å². The molecule has 0 saturated heterocycles. The largest absolute Gasteiger partial charge is 0.372 e. The summed E-state index contributed by atoms with van der Waals surface area (Å²) < 4.78 is 3.59. The van der Waals surface area contributed by atoms with Gasteiger partial charge in [-0.05, 0) is 111 Å². The summed E-state index contributed by atoms with van der Waals surface area (Å²) in [6.45, 7) is 12.9. The molecule has 1 heterocycles. The molecule has 0 N–H and O–H groups in total. The van der Waals surface area contributed by atoms with Crippen LogP contribution in [0.3, 0.4) is 0 Å². The van der Waals surface area contributed by atoms with Gasteiger partial charge in [-0.2, -0.15) is 0 Å². The van der Waals surface area contributed by atoms with Gasteiger partial charge in [-0.3, -0.25) is 4.99 Å². The van der Waals surface area contributed by atoms with E-state index in [0.29, 0.717) is 0 Å². The monoisotopic (exact) mass is 485 g/mol. The maximum Gasteiger partial charge on any atom is 0.0631 e. The maximum atomic E-state index is 4.71. The summed E-state index contributed by atoms with van der Waals surface area (Å²) in [6, 6.07) is 17.3. The first-order valence-electron chi connectivity index (χ1n) is 9.79. The molecule has 146 valence electrons. The van der Waals surface area contributed by atoms with Gasteiger partial charge in [-0.15, -0.1) is 0 Å². The van der Waals surface area contributed by atoms with Crippen LogP contribution in [0.5, 0.6) is 0 Å². The van der Waals surface area contributed by atoms with E-state index in [4.69, 9.17) is 4.99 Å². The van der Waals surface area contributed by atoms with Crippen LogP contribution in [0, 0.1) is 24.3 Å². The van der Waals surface area contributed by atoms with E-state index in [1.807, 2.05) is 6.21 Å². The van der Waals surface area contributed by atoms with Crippen LogP contribution in [0.2, 0.25) is 0 Å². The Balaban J connectivity index is 1.86. The van der Waals surface area contributed by atoms with Crippen LogP contribution < -0.4 is 4.90 Å². The third kappa shape index (κ3) is 4.32. The molecule has 3 aromatic rings. The van der Waals surface area contributed by atoms with Crippen molar-refractivity contribution in [3.8, 4) is 5.69 Å². The molecular formula is C24H28IN3. The topological polar surface area (TPSA) is 20.5 Å². The minimum atomic E-state index is 0.978. The van der Waals surface area contributed by atoms with Gasteiger partial charge in [0.05, 0.1) is 5.69 Å². The average Bonchev–Trinajstić information content (AvgIpc) is 2.98. The van der Waals surface area contributed by atoms with E-state index < -0.39 is 0 Å². The summed E-state index contributed by atoms with van der Waals surface area (Å²) in [5.41, 5.74) is 8.31. The summed E-state index contributed by atoms with van der Waals surface area (Å²) in [5.74, 6) is 0. The summed E-state index contributed by atoms with van der Waals surface area (Å²) in [4.78, 5) is 7.05. The predicted octanol–water partition coefficient (Wildman–Crippen LogP) is 6.60. The summed E-state index contributed by atoms with van der Waals surface area (Å²) in [6.07, 6.45) is 1.98. The van der Waals surface area contributed by atoms with E-state index in [1.54, 1.807) is 0 Å². The highest BCUT2D eigenvalue weighted by molar-refractivity contribution is 14.1. The zero-order valence-corrected chi connectivity index (χ0v) is 19.5. The maximum absolute atomic E-state index is 4.71. The Morgan fingerprint density at radius 3 is 2.25 bits per heavy atom. The fourth-order valence-electron chi connectivity index (χ4n) is 3.57. The number of hydrogen-bond donors (Lipinski definition) is 0. The summed E-state index contributed by atoms with van der Waals surface area (Å²) in [5, 5.41) is 0. The van der Waals surface area contributed by atoms with Crippen molar-refractivity contribution < 1.29 is 0 Å². The van der Waals surface area contributed by atoms with Crippen LogP contribution in [0.15, 0.2) is 53.5 Å². The Morgan fingerprint density at radius 1 is 0.964 bits per heavy atom. The number of nitrogens with zero attached hydrogens (tertiary/aromatic N) is 3. The zero-order valence-electron chi connectivity index (χ0n) is 17.3. The van der Waals surface area contributed by atoms with E-state index >= 15 is 0 Å². The highest BCUT2D eigenvalue weighted by Gasteiger charge is 2.10. The standard InChI is InChI=1S/C24H28IN3/c1-6-27(7-2)22-10-8-21(9-11-22)26-16-20-15-18(4)28(19(20)5)23-12-13-24(25)17(3)14-23/h8-16H,6-7H2,1-5H3. The number of aliphatic imine (C=N–C) groups is 1. The quantitative estimate of drug-likeness (QED) is 0.285. The van der Waals surface area contributed by atoms with E-state index in [0.717, 1.165) is 24.3 Å². The Morgan fingerprint density at radius 2 is 1.64 bits per heavy atom. The normalized spacial score (nSPS) is 11.4. The van der Waals surface area contributed by atoms with Crippen molar-refractivity contribution in [2.75, 3.05) is 18.0 Å². The van der Waals surface area contributed by atoms with Gasteiger partial charge in [-0.25, -0.2) is 0 Å². The highest BCUT2D eigenvalue weighted by atomic mass is 127. The molecule has 0 aliphatic carbocycles. The van der Waals surface area contributed by atoms with Gasteiger partial charge >= 0.3 is 0 Å². The molecule has 28 heavy (non-hydrogen) atoms. The van der Waals surface area contributed by atoms with Crippen LogP contribution in [-0.4, -0.2) is 23.9 Å². The van der Waals surface area contributed by atoms with Gasteiger partial charge in [0.1, 0.15) is 0 Å². The van der Waals surface area contributed by atoms with Crippen molar-refractivity contribution in [2.45, 2.75) is 34.6 Å². The van der Waals surface area contributed by atoms with E-state index in [-0.39, 0.29) is 0 Å². The minimum absolute atomic E-state index is 0.978. The molecule has 2 aromatic carbocycles. The van der Waals surface area contributed by atoms with Crippen molar-refractivity contribution >= 4 is 40.2 Å². The molecule has 4 heteroatoms. The first-order chi connectivity index (χ1) is 13.4. The average molecular weight is 485 g/mol. The van der Waals surface area contributed by atoms with Gasteiger partial charge in [0.2, 0.25) is 0 Å². The Kier molecular flexibility index (Phi) is 6.60. The number of benzene rings is 2. The van der Waals surface area contributed by atoms with Crippen molar-refractivity contribution in [1.29, 1.82) is 0 Å². The fraction of sp³-hybridized carbons (Fsp3) is 0.292. The van der Waals surface area contributed by atoms with Crippen LogP contribution >= 0.6 is 22.6 Å². The van der Waals surface area contributed by atoms with Crippen molar-refractivity contribution in [1.82, 2.24) is 4.57 Å². The molecule has 0 aliphatic rings. The Bertz CT molecular complexity index is 980. The van der Waals surface area contributed by atoms with Gasteiger partial charge in [0, 0.05) is 51.2 Å². The molecule has 3 rings (SSSR count). The second-order valence-corrected chi connectivity index (χ2v) is 8.20. The molecule has 0 unspecified atom stereocenters.